The second kappa shape index (κ2) is 1.76. The third-order valence-electron chi connectivity index (χ3n) is 3.68. The van der Waals surface area contributed by atoms with Crippen LogP contribution in [0.4, 0.5) is 0 Å². The molecule has 2 aliphatic rings. The molecule has 1 spiro atoms. The Hall–Kier alpha value is -0.0400. The zero-order valence-corrected chi connectivity index (χ0v) is 7.22. The molecular formula is C9H17N. The van der Waals surface area contributed by atoms with Gasteiger partial charge in [-0.3, -0.25) is 0 Å². The van der Waals surface area contributed by atoms with Crippen LogP contribution < -0.4 is 0 Å². The van der Waals surface area contributed by atoms with E-state index in [0.29, 0.717) is 0 Å². The first-order valence-electron chi connectivity index (χ1n) is 4.33. The SMILES string of the molecule is CC1CC12CCC2N(C)C. The Morgan fingerprint density at radius 3 is 2.10 bits per heavy atom. The summed E-state index contributed by atoms with van der Waals surface area (Å²) in [6.07, 6.45) is 4.43. The highest BCUT2D eigenvalue weighted by Crippen LogP contribution is 2.66. The molecule has 1 nitrogen and oxygen atoms in total. The van der Waals surface area contributed by atoms with Gasteiger partial charge < -0.3 is 4.90 Å². The highest BCUT2D eigenvalue weighted by Gasteiger charge is 2.61. The lowest BCUT2D eigenvalue weighted by Crippen LogP contribution is -2.45. The number of rotatable bonds is 1. The fraction of sp³-hybridized carbons (Fsp3) is 1.00. The van der Waals surface area contributed by atoms with Crippen LogP contribution in [0.15, 0.2) is 0 Å². The van der Waals surface area contributed by atoms with Crippen LogP contribution in [0.5, 0.6) is 0 Å². The summed E-state index contributed by atoms with van der Waals surface area (Å²) < 4.78 is 0. The Bertz CT molecular complexity index is 149. The lowest BCUT2D eigenvalue weighted by atomic mass is 9.74. The van der Waals surface area contributed by atoms with Crippen molar-refractivity contribution in [2.45, 2.75) is 32.2 Å². The molecule has 0 aromatic carbocycles. The Kier molecular flexibility index (Phi) is 1.17. The minimum atomic E-state index is 0.795. The average Bonchev–Trinajstić information content (AvgIpc) is 2.39. The van der Waals surface area contributed by atoms with Crippen molar-refractivity contribution in [3.8, 4) is 0 Å². The van der Waals surface area contributed by atoms with E-state index in [-0.39, 0.29) is 0 Å². The fourth-order valence-electron chi connectivity index (χ4n) is 2.74. The van der Waals surface area contributed by atoms with Gasteiger partial charge in [-0.1, -0.05) is 6.92 Å². The molecule has 3 atom stereocenters. The van der Waals surface area contributed by atoms with Crippen molar-refractivity contribution in [2.24, 2.45) is 11.3 Å². The first kappa shape index (κ1) is 6.66. The summed E-state index contributed by atoms with van der Waals surface area (Å²) in [4.78, 5) is 2.41. The van der Waals surface area contributed by atoms with Gasteiger partial charge in [-0.15, -0.1) is 0 Å². The second-order valence-electron chi connectivity index (χ2n) is 4.36. The number of hydrogen-bond donors (Lipinski definition) is 0. The summed E-state index contributed by atoms with van der Waals surface area (Å²) in [5.41, 5.74) is 0.795. The van der Waals surface area contributed by atoms with Crippen LogP contribution in [0, 0.1) is 11.3 Å². The molecule has 1 heteroatoms. The summed E-state index contributed by atoms with van der Waals surface area (Å²) in [5.74, 6) is 1.02. The lowest BCUT2D eigenvalue weighted by molar-refractivity contribution is 0.0747. The van der Waals surface area contributed by atoms with E-state index in [1.165, 1.54) is 19.3 Å². The maximum absolute atomic E-state index is 2.41. The molecule has 10 heavy (non-hydrogen) atoms. The number of nitrogens with zero attached hydrogens (tertiary/aromatic N) is 1. The first-order valence-corrected chi connectivity index (χ1v) is 4.33. The molecular weight excluding hydrogens is 122 g/mol. The predicted molar refractivity (Wildman–Crippen MR) is 42.9 cm³/mol. The molecule has 0 aromatic rings. The van der Waals surface area contributed by atoms with Gasteiger partial charge in [0.2, 0.25) is 0 Å². The quantitative estimate of drug-likeness (QED) is 0.535. The smallest absolute Gasteiger partial charge is 0.0148 e. The van der Waals surface area contributed by atoms with Gasteiger partial charge in [-0.05, 0) is 44.7 Å². The average molecular weight is 139 g/mol. The second-order valence-corrected chi connectivity index (χ2v) is 4.36. The van der Waals surface area contributed by atoms with E-state index >= 15 is 0 Å². The third-order valence-corrected chi connectivity index (χ3v) is 3.68. The highest BCUT2D eigenvalue weighted by molar-refractivity contribution is 5.13. The van der Waals surface area contributed by atoms with Crippen LogP contribution in [0.3, 0.4) is 0 Å². The van der Waals surface area contributed by atoms with Crippen LogP contribution in [0.2, 0.25) is 0 Å². The lowest BCUT2D eigenvalue weighted by Gasteiger charge is -2.43. The molecule has 0 aliphatic heterocycles. The molecule has 0 radical (unpaired) electrons. The monoisotopic (exact) mass is 139 g/mol. The van der Waals surface area contributed by atoms with Crippen molar-refractivity contribution >= 4 is 0 Å². The van der Waals surface area contributed by atoms with Crippen LogP contribution >= 0.6 is 0 Å². The zero-order valence-electron chi connectivity index (χ0n) is 7.22. The van der Waals surface area contributed by atoms with E-state index in [9.17, 15) is 0 Å². The highest BCUT2D eigenvalue weighted by atomic mass is 15.1. The summed E-state index contributed by atoms with van der Waals surface area (Å²) in [5, 5.41) is 0. The van der Waals surface area contributed by atoms with E-state index in [4.69, 9.17) is 0 Å². The maximum atomic E-state index is 2.41. The molecule has 0 aromatic heterocycles. The number of hydrogen-bond acceptors (Lipinski definition) is 1. The molecule has 0 bridgehead atoms. The molecule has 3 unspecified atom stereocenters. The van der Waals surface area contributed by atoms with Crippen LogP contribution in [-0.4, -0.2) is 25.0 Å². The van der Waals surface area contributed by atoms with E-state index < -0.39 is 0 Å². The first-order chi connectivity index (χ1) is 4.67. The summed E-state index contributed by atoms with van der Waals surface area (Å²) in [7, 11) is 4.44. The van der Waals surface area contributed by atoms with Crippen LogP contribution in [-0.2, 0) is 0 Å². The largest absolute Gasteiger partial charge is 0.306 e. The standard InChI is InChI=1S/C9H17N/c1-7-6-9(7)5-4-8(9)10(2)3/h7-8H,4-6H2,1-3H3. The summed E-state index contributed by atoms with van der Waals surface area (Å²) in [6.45, 7) is 2.40. The Morgan fingerprint density at radius 1 is 1.40 bits per heavy atom. The molecule has 2 rings (SSSR count). The summed E-state index contributed by atoms with van der Waals surface area (Å²) in [6, 6.07) is 0.919. The van der Waals surface area contributed by atoms with Gasteiger partial charge in [0.25, 0.3) is 0 Å². The predicted octanol–water partition coefficient (Wildman–Crippen LogP) is 1.74. The van der Waals surface area contributed by atoms with Crippen molar-refractivity contribution in [2.75, 3.05) is 14.1 Å². The van der Waals surface area contributed by atoms with Gasteiger partial charge in [0, 0.05) is 6.04 Å². The van der Waals surface area contributed by atoms with Gasteiger partial charge in [-0.25, -0.2) is 0 Å². The van der Waals surface area contributed by atoms with Crippen molar-refractivity contribution in [3.05, 3.63) is 0 Å². The normalized spacial score (nSPS) is 51.6. The van der Waals surface area contributed by atoms with E-state index in [2.05, 4.69) is 25.9 Å². The van der Waals surface area contributed by atoms with E-state index in [0.717, 1.165) is 17.4 Å². The fourth-order valence-corrected chi connectivity index (χ4v) is 2.74. The van der Waals surface area contributed by atoms with Crippen LogP contribution in [0.25, 0.3) is 0 Å². The Balaban J connectivity index is 2.02. The molecule has 0 saturated heterocycles. The van der Waals surface area contributed by atoms with Gasteiger partial charge in [-0.2, -0.15) is 0 Å². The molecule has 2 fully saturated rings. The Morgan fingerprint density at radius 2 is 2.00 bits per heavy atom. The van der Waals surface area contributed by atoms with Crippen LogP contribution in [0.1, 0.15) is 26.2 Å². The Labute approximate surface area is 63.4 Å². The molecule has 2 aliphatic carbocycles. The van der Waals surface area contributed by atoms with Gasteiger partial charge in [0.05, 0.1) is 0 Å². The topological polar surface area (TPSA) is 3.24 Å². The molecule has 0 heterocycles. The van der Waals surface area contributed by atoms with Gasteiger partial charge in [0.15, 0.2) is 0 Å². The molecule has 0 amide bonds. The maximum Gasteiger partial charge on any atom is 0.0148 e. The van der Waals surface area contributed by atoms with Crippen molar-refractivity contribution < 1.29 is 0 Å². The minimum absolute atomic E-state index is 0.795. The summed E-state index contributed by atoms with van der Waals surface area (Å²) >= 11 is 0. The molecule has 0 N–H and O–H groups in total. The molecule has 58 valence electrons. The van der Waals surface area contributed by atoms with E-state index in [1.54, 1.807) is 0 Å². The van der Waals surface area contributed by atoms with Gasteiger partial charge >= 0.3 is 0 Å². The van der Waals surface area contributed by atoms with E-state index in [1.807, 2.05) is 0 Å². The zero-order chi connectivity index (χ0) is 7.35. The van der Waals surface area contributed by atoms with Crippen molar-refractivity contribution in [3.63, 3.8) is 0 Å². The van der Waals surface area contributed by atoms with Crippen molar-refractivity contribution in [1.82, 2.24) is 4.90 Å². The minimum Gasteiger partial charge on any atom is -0.306 e. The van der Waals surface area contributed by atoms with Crippen molar-refractivity contribution in [1.29, 1.82) is 0 Å². The van der Waals surface area contributed by atoms with Gasteiger partial charge in [0.1, 0.15) is 0 Å². The molecule has 2 saturated carbocycles. The third kappa shape index (κ3) is 0.619.